The Balaban J connectivity index is 2.31. The van der Waals surface area contributed by atoms with Gasteiger partial charge in [0.2, 0.25) is 0 Å². The highest BCUT2D eigenvalue weighted by Gasteiger charge is 2.17. The van der Waals surface area contributed by atoms with Crippen molar-refractivity contribution in [3.05, 3.63) is 59.4 Å². The lowest BCUT2D eigenvalue weighted by Crippen LogP contribution is -2.13. The molecule has 0 spiro atoms. The molecule has 4 heteroatoms. The van der Waals surface area contributed by atoms with E-state index >= 15 is 0 Å². The van der Waals surface area contributed by atoms with Gasteiger partial charge in [-0.05, 0) is 18.6 Å². The van der Waals surface area contributed by atoms with E-state index in [4.69, 9.17) is 9.57 Å². The fourth-order valence-electron chi connectivity index (χ4n) is 1.98. The number of ether oxygens (including phenoxy) is 1. The first-order chi connectivity index (χ1) is 9.26. The van der Waals surface area contributed by atoms with E-state index in [0.29, 0.717) is 18.6 Å². The van der Waals surface area contributed by atoms with Gasteiger partial charge in [0.25, 0.3) is 0 Å². The number of hydrogen-bond acceptors (Lipinski definition) is 3. The van der Waals surface area contributed by atoms with Gasteiger partial charge in [-0.2, -0.15) is 4.73 Å². The number of carbonyl (C=O) groups excluding carboxylic acids is 1. The Bertz CT molecular complexity index is 546. The fourth-order valence-corrected chi connectivity index (χ4v) is 1.98. The average Bonchev–Trinajstić information content (AvgIpc) is 2.83. The minimum absolute atomic E-state index is 0.316. The van der Waals surface area contributed by atoms with E-state index in [2.05, 4.69) is 0 Å². The number of carbonyl (C=O) groups is 1. The van der Waals surface area contributed by atoms with E-state index in [9.17, 15) is 4.79 Å². The van der Waals surface area contributed by atoms with Crippen LogP contribution in [0.1, 0.15) is 28.5 Å². The van der Waals surface area contributed by atoms with Crippen molar-refractivity contribution in [2.75, 3.05) is 13.7 Å². The van der Waals surface area contributed by atoms with Gasteiger partial charge < -0.3 is 9.57 Å². The molecule has 0 amide bonds. The summed E-state index contributed by atoms with van der Waals surface area (Å²) in [5, 5.41) is 0. The van der Waals surface area contributed by atoms with Gasteiger partial charge in [0.05, 0.1) is 17.9 Å². The summed E-state index contributed by atoms with van der Waals surface area (Å²) in [5.41, 5.74) is 2.46. The van der Waals surface area contributed by atoms with Crippen LogP contribution < -0.4 is 4.84 Å². The highest BCUT2D eigenvalue weighted by atomic mass is 16.6. The van der Waals surface area contributed by atoms with Crippen LogP contribution in [0.25, 0.3) is 0 Å². The van der Waals surface area contributed by atoms with Crippen LogP contribution in [-0.2, 0) is 11.2 Å². The summed E-state index contributed by atoms with van der Waals surface area (Å²) in [6, 6.07) is 11.7. The summed E-state index contributed by atoms with van der Waals surface area (Å²) >= 11 is 0. The molecule has 2 aromatic rings. The van der Waals surface area contributed by atoms with Crippen molar-refractivity contribution >= 4 is 5.97 Å². The van der Waals surface area contributed by atoms with Gasteiger partial charge in [0.15, 0.2) is 0 Å². The number of rotatable bonds is 5. The maximum Gasteiger partial charge on any atom is 0.340 e. The van der Waals surface area contributed by atoms with Crippen molar-refractivity contribution < 1.29 is 14.4 Å². The molecule has 0 saturated heterocycles. The van der Waals surface area contributed by atoms with Crippen LogP contribution in [0.15, 0.2) is 42.6 Å². The lowest BCUT2D eigenvalue weighted by Gasteiger charge is -2.09. The van der Waals surface area contributed by atoms with Gasteiger partial charge in [-0.3, -0.25) is 0 Å². The third-order valence-electron chi connectivity index (χ3n) is 2.86. The van der Waals surface area contributed by atoms with E-state index in [1.54, 1.807) is 31.0 Å². The zero-order chi connectivity index (χ0) is 13.7. The number of esters is 1. The van der Waals surface area contributed by atoms with Crippen LogP contribution in [0, 0.1) is 0 Å². The Hall–Kier alpha value is -2.23. The second-order valence-electron chi connectivity index (χ2n) is 4.07. The van der Waals surface area contributed by atoms with Crippen molar-refractivity contribution in [1.29, 1.82) is 0 Å². The van der Waals surface area contributed by atoms with E-state index in [0.717, 1.165) is 11.3 Å². The molecule has 0 fully saturated rings. The summed E-state index contributed by atoms with van der Waals surface area (Å²) in [4.78, 5) is 17.1. The minimum Gasteiger partial charge on any atom is -0.462 e. The smallest absolute Gasteiger partial charge is 0.340 e. The summed E-state index contributed by atoms with van der Waals surface area (Å²) in [6.45, 7) is 2.16. The van der Waals surface area contributed by atoms with Crippen LogP contribution in [0.3, 0.4) is 0 Å². The molecule has 100 valence electrons. The van der Waals surface area contributed by atoms with Crippen molar-refractivity contribution in [1.82, 2.24) is 4.73 Å². The van der Waals surface area contributed by atoms with Crippen LogP contribution in [0.5, 0.6) is 0 Å². The molecular weight excluding hydrogens is 242 g/mol. The highest BCUT2D eigenvalue weighted by Crippen LogP contribution is 2.16. The van der Waals surface area contributed by atoms with Gasteiger partial charge in [0, 0.05) is 12.6 Å². The molecule has 0 aliphatic heterocycles. The zero-order valence-corrected chi connectivity index (χ0v) is 11.1. The van der Waals surface area contributed by atoms with Crippen LogP contribution in [0.4, 0.5) is 0 Å². The number of aromatic nitrogens is 1. The summed E-state index contributed by atoms with van der Waals surface area (Å²) in [7, 11) is 1.57. The predicted octanol–water partition coefficient (Wildman–Crippen LogP) is 2.31. The molecule has 0 saturated carbocycles. The molecule has 0 aliphatic rings. The van der Waals surface area contributed by atoms with Crippen molar-refractivity contribution in [3.8, 4) is 0 Å². The van der Waals surface area contributed by atoms with E-state index in [1.807, 2.05) is 30.3 Å². The molecule has 0 aliphatic carbocycles. The molecule has 4 nitrogen and oxygen atoms in total. The van der Waals surface area contributed by atoms with Gasteiger partial charge in [-0.1, -0.05) is 30.3 Å². The first kappa shape index (κ1) is 13.2. The third kappa shape index (κ3) is 2.96. The van der Waals surface area contributed by atoms with Crippen molar-refractivity contribution in [2.24, 2.45) is 0 Å². The normalized spacial score (nSPS) is 10.2. The van der Waals surface area contributed by atoms with Gasteiger partial charge in [-0.15, -0.1) is 0 Å². The predicted molar refractivity (Wildman–Crippen MR) is 72.1 cm³/mol. The lowest BCUT2D eigenvalue weighted by atomic mass is 10.1. The average molecular weight is 259 g/mol. The molecule has 0 bridgehead atoms. The maximum atomic E-state index is 11.9. The molecule has 0 atom stereocenters. The number of nitrogens with zero attached hydrogens (tertiary/aromatic N) is 1. The number of hydrogen-bond donors (Lipinski definition) is 0. The lowest BCUT2D eigenvalue weighted by molar-refractivity contribution is 0.0522. The summed E-state index contributed by atoms with van der Waals surface area (Å²) < 4.78 is 6.65. The molecule has 1 aromatic heterocycles. The Morgan fingerprint density at radius 1 is 1.21 bits per heavy atom. The molecule has 0 radical (unpaired) electrons. The van der Waals surface area contributed by atoms with Crippen molar-refractivity contribution in [3.63, 3.8) is 0 Å². The monoisotopic (exact) mass is 259 g/mol. The van der Waals surface area contributed by atoms with Crippen LogP contribution >= 0.6 is 0 Å². The molecular formula is C15H17NO3. The summed E-state index contributed by atoms with van der Waals surface area (Å²) in [5.74, 6) is -0.316. The molecule has 19 heavy (non-hydrogen) atoms. The van der Waals surface area contributed by atoms with Gasteiger partial charge >= 0.3 is 5.97 Å². The largest absolute Gasteiger partial charge is 0.462 e. The molecule has 1 aromatic carbocycles. The Morgan fingerprint density at radius 3 is 2.58 bits per heavy atom. The van der Waals surface area contributed by atoms with Gasteiger partial charge in [0.1, 0.15) is 7.11 Å². The SMILES string of the molecule is CCOC(=O)c1ccn(OC)c1Cc1ccccc1. The van der Waals surface area contributed by atoms with Crippen molar-refractivity contribution in [2.45, 2.75) is 13.3 Å². The topological polar surface area (TPSA) is 40.5 Å². The van der Waals surface area contributed by atoms with Crippen LogP contribution in [0.2, 0.25) is 0 Å². The minimum atomic E-state index is -0.316. The second-order valence-corrected chi connectivity index (χ2v) is 4.07. The Kier molecular flexibility index (Phi) is 4.23. The second kappa shape index (κ2) is 6.09. The standard InChI is InChI=1S/C15H17NO3/c1-3-19-15(17)13-9-10-16(18-2)14(13)11-12-7-5-4-6-8-12/h4-10H,3,11H2,1-2H3. The highest BCUT2D eigenvalue weighted by molar-refractivity contribution is 5.91. The summed E-state index contributed by atoms with van der Waals surface area (Å²) in [6.07, 6.45) is 2.35. The van der Waals surface area contributed by atoms with E-state index in [-0.39, 0.29) is 5.97 Å². The van der Waals surface area contributed by atoms with E-state index < -0.39 is 0 Å². The fraction of sp³-hybridized carbons (Fsp3) is 0.267. The quantitative estimate of drug-likeness (QED) is 0.774. The Labute approximate surface area is 112 Å². The first-order valence-corrected chi connectivity index (χ1v) is 6.22. The van der Waals surface area contributed by atoms with E-state index in [1.165, 1.54) is 0 Å². The zero-order valence-electron chi connectivity index (χ0n) is 11.1. The van der Waals surface area contributed by atoms with Gasteiger partial charge in [-0.25, -0.2) is 4.79 Å². The van der Waals surface area contributed by atoms with Crippen LogP contribution in [-0.4, -0.2) is 24.4 Å². The molecule has 0 unspecified atom stereocenters. The maximum absolute atomic E-state index is 11.9. The Morgan fingerprint density at radius 2 is 1.95 bits per heavy atom. The third-order valence-corrected chi connectivity index (χ3v) is 2.86. The molecule has 1 heterocycles. The molecule has 0 N–H and O–H groups in total. The molecule has 2 rings (SSSR count). The number of benzene rings is 1. The first-order valence-electron chi connectivity index (χ1n) is 6.22.